The maximum atomic E-state index is 11.7. The van der Waals surface area contributed by atoms with Crippen molar-refractivity contribution in [2.45, 2.75) is 24.3 Å². The number of fused-ring (bicyclic) bond motifs is 3. The Bertz CT molecular complexity index is 691. The average molecular weight is 336 g/mol. The first-order chi connectivity index (χ1) is 11.4. The van der Waals surface area contributed by atoms with Crippen LogP contribution in [-0.4, -0.2) is 65.1 Å². The SMILES string of the molecule is [NH3+]CCN1CC(Oc2ccc3c(c2C(=O)O)O[B-](O)(O)C2CC32)C1. The molecule has 0 amide bonds. The third-order valence-electron chi connectivity index (χ3n) is 5.14. The molecule has 130 valence electrons. The minimum Gasteiger partial charge on any atom is -0.669 e. The van der Waals surface area contributed by atoms with Gasteiger partial charge in [-0.15, -0.1) is 0 Å². The fraction of sp³-hybridized carbons (Fsp3) is 0.533. The zero-order chi connectivity index (χ0) is 17.1. The van der Waals surface area contributed by atoms with Gasteiger partial charge in [-0.1, -0.05) is 18.3 Å². The Labute approximate surface area is 138 Å². The number of quaternary nitrogens is 1. The van der Waals surface area contributed by atoms with Crippen LogP contribution in [0.5, 0.6) is 11.5 Å². The fourth-order valence-electron chi connectivity index (χ4n) is 3.80. The van der Waals surface area contributed by atoms with E-state index in [1.807, 2.05) is 0 Å². The van der Waals surface area contributed by atoms with Crippen LogP contribution in [0.25, 0.3) is 0 Å². The van der Waals surface area contributed by atoms with Gasteiger partial charge in [0, 0.05) is 19.6 Å². The lowest BCUT2D eigenvalue weighted by molar-refractivity contribution is -0.370. The van der Waals surface area contributed by atoms with Gasteiger partial charge in [0.25, 0.3) is 0 Å². The fourth-order valence-corrected chi connectivity index (χ4v) is 3.80. The number of carboxylic acids is 1. The van der Waals surface area contributed by atoms with Gasteiger partial charge in [0.2, 0.25) is 0 Å². The molecule has 9 heteroatoms. The molecule has 1 aromatic carbocycles. The highest BCUT2D eigenvalue weighted by molar-refractivity contribution is 6.62. The Morgan fingerprint density at radius 1 is 1.42 bits per heavy atom. The van der Waals surface area contributed by atoms with E-state index in [2.05, 4.69) is 10.6 Å². The summed E-state index contributed by atoms with van der Waals surface area (Å²) in [7, 11) is 0. The highest BCUT2D eigenvalue weighted by atomic mass is 16.6. The number of aromatic carboxylic acids is 1. The molecule has 2 unspecified atom stereocenters. The van der Waals surface area contributed by atoms with Gasteiger partial charge in [0.05, 0.1) is 12.3 Å². The molecule has 24 heavy (non-hydrogen) atoms. The van der Waals surface area contributed by atoms with Gasteiger partial charge in [-0.3, -0.25) is 4.90 Å². The van der Waals surface area contributed by atoms with Crippen molar-refractivity contribution in [3.63, 3.8) is 0 Å². The zero-order valence-corrected chi connectivity index (χ0v) is 13.2. The molecule has 2 heterocycles. The summed E-state index contributed by atoms with van der Waals surface area (Å²) >= 11 is 0. The van der Waals surface area contributed by atoms with Gasteiger partial charge in [0.1, 0.15) is 17.4 Å². The summed E-state index contributed by atoms with van der Waals surface area (Å²) in [6, 6.07) is 3.43. The summed E-state index contributed by atoms with van der Waals surface area (Å²) in [4.78, 5) is 13.9. The van der Waals surface area contributed by atoms with Crippen LogP contribution in [0.15, 0.2) is 12.1 Å². The van der Waals surface area contributed by atoms with Crippen LogP contribution >= 0.6 is 0 Å². The van der Waals surface area contributed by atoms with Crippen LogP contribution in [-0.2, 0) is 0 Å². The van der Waals surface area contributed by atoms with Gasteiger partial charge >= 0.3 is 12.7 Å². The van der Waals surface area contributed by atoms with Crippen molar-refractivity contribution < 1.29 is 35.1 Å². The Morgan fingerprint density at radius 3 is 2.83 bits per heavy atom. The van der Waals surface area contributed by atoms with Gasteiger partial charge in [-0.05, 0) is 17.5 Å². The minimum atomic E-state index is -3.01. The normalized spacial score (nSPS) is 27.5. The van der Waals surface area contributed by atoms with E-state index in [1.54, 1.807) is 12.1 Å². The first-order valence-electron chi connectivity index (χ1n) is 8.27. The van der Waals surface area contributed by atoms with Crippen molar-refractivity contribution in [2.24, 2.45) is 0 Å². The summed E-state index contributed by atoms with van der Waals surface area (Å²) in [6.45, 7) is 0.152. The predicted octanol–water partition coefficient (Wildman–Crippen LogP) is -1.14. The molecule has 0 radical (unpaired) electrons. The number of carbonyl (C=O) groups is 1. The van der Waals surface area contributed by atoms with E-state index < -0.39 is 12.7 Å². The van der Waals surface area contributed by atoms with Crippen LogP contribution in [0.4, 0.5) is 0 Å². The standard InChI is InChI=1S/C15H20BN2O6/c17-3-4-18-6-8(7-18)23-12-2-1-9-10-5-11(10)16(21,22)24-14(9)13(12)15(19)20/h1-2,8,10-11,21-22H,3-7,17H2,(H,19,20)/q-1/p+1. The quantitative estimate of drug-likeness (QED) is 0.501. The molecule has 4 rings (SSSR count). The number of carboxylic acid groups (broad SMARTS) is 1. The molecule has 0 spiro atoms. The number of rotatable bonds is 5. The molecule has 2 aliphatic heterocycles. The monoisotopic (exact) mass is 336 g/mol. The van der Waals surface area contributed by atoms with Crippen LogP contribution in [0.1, 0.15) is 28.3 Å². The topological polar surface area (TPSA) is 127 Å². The van der Waals surface area contributed by atoms with E-state index in [0.29, 0.717) is 6.42 Å². The third kappa shape index (κ3) is 2.44. The molecule has 2 atom stereocenters. The summed E-state index contributed by atoms with van der Waals surface area (Å²) in [5.41, 5.74) is 4.40. The maximum absolute atomic E-state index is 11.7. The number of nitrogens with zero attached hydrogens (tertiary/aromatic N) is 1. The molecule has 1 aromatic rings. The zero-order valence-electron chi connectivity index (χ0n) is 13.2. The lowest BCUT2D eigenvalue weighted by Crippen LogP contribution is -2.61. The maximum Gasteiger partial charge on any atom is 0.434 e. The molecule has 3 aliphatic rings. The van der Waals surface area contributed by atoms with Crippen molar-refractivity contribution in [1.29, 1.82) is 0 Å². The van der Waals surface area contributed by atoms with Gasteiger partial charge in [0.15, 0.2) is 0 Å². The Kier molecular flexibility index (Phi) is 3.50. The lowest BCUT2D eigenvalue weighted by atomic mass is 9.68. The Balaban J connectivity index is 1.61. The third-order valence-corrected chi connectivity index (χ3v) is 5.14. The van der Waals surface area contributed by atoms with Gasteiger partial charge < -0.3 is 30.3 Å². The molecule has 2 fully saturated rings. The molecule has 0 bridgehead atoms. The number of benzene rings is 1. The molecule has 8 nitrogen and oxygen atoms in total. The Morgan fingerprint density at radius 2 is 2.17 bits per heavy atom. The van der Waals surface area contributed by atoms with Gasteiger partial charge in [-0.2, -0.15) is 0 Å². The average Bonchev–Trinajstić information content (AvgIpc) is 3.25. The predicted molar refractivity (Wildman–Crippen MR) is 83.9 cm³/mol. The molecule has 1 saturated heterocycles. The summed E-state index contributed by atoms with van der Waals surface area (Å²) < 4.78 is 11.1. The van der Waals surface area contributed by atoms with Crippen molar-refractivity contribution in [2.75, 3.05) is 26.2 Å². The van der Waals surface area contributed by atoms with Crippen molar-refractivity contribution in [3.8, 4) is 11.5 Å². The van der Waals surface area contributed by atoms with Crippen molar-refractivity contribution in [3.05, 3.63) is 23.3 Å². The first-order valence-corrected chi connectivity index (χ1v) is 8.27. The smallest absolute Gasteiger partial charge is 0.434 e. The summed E-state index contributed by atoms with van der Waals surface area (Å²) in [6.07, 6.45) is 0.519. The second kappa shape index (κ2) is 5.35. The van der Waals surface area contributed by atoms with Crippen molar-refractivity contribution in [1.82, 2.24) is 4.90 Å². The van der Waals surface area contributed by atoms with Crippen LogP contribution in [0, 0.1) is 0 Å². The first kappa shape index (κ1) is 15.7. The highest BCUT2D eigenvalue weighted by Gasteiger charge is 2.55. The molecule has 1 saturated carbocycles. The van der Waals surface area contributed by atoms with E-state index in [0.717, 1.165) is 31.7 Å². The highest BCUT2D eigenvalue weighted by Crippen LogP contribution is 2.63. The van der Waals surface area contributed by atoms with E-state index in [-0.39, 0.29) is 34.9 Å². The molecule has 6 N–H and O–H groups in total. The van der Waals surface area contributed by atoms with Gasteiger partial charge in [-0.25, -0.2) is 4.79 Å². The number of likely N-dealkylation sites (tertiary alicyclic amines) is 1. The second-order valence-electron chi connectivity index (χ2n) is 6.90. The molecule has 0 aromatic heterocycles. The molecular formula is C15H21BN2O6. The van der Waals surface area contributed by atoms with Crippen molar-refractivity contribution >= 4 is 12.7 Å². The largest absolute Gasteiger partial charge is 0.669 e. The van der Waals surface area contributed by atoms with Crippen LogP contribution in [0.2, 0.25) is 5.82 Å². The summed E-state index contributed by atoms with van der Waals surface area (Å²) in [5.74, 6) is -1.33. The van der Waals surface area contributed by atoms with E-state index in [9.17, 15) is 19.9 Å². The number of ether oxygens (including phenoxy) is 1. The molecule has 1 aliphatic carbocycles. The minimum absolute atomic E-state index is 0.0395. The van der Waals surface area contributed by atoms with E-state index >= 15 is 0 Å². The molecular weight excluding hydrogens is 315 g/mol. The lowest BCUT2D eigenvalue weighted by Gasteiger charge is -2.40. The number of hydrogen-bond acceptors (Lipinski definition) is 6. The Hall–Kier alpha value is -1.81. The second-order valence-corrected chi connectivity index (χ2v) is 6.90. The van der Waals surface area contributed by atoms with E-state index in [4.69, 9.17) is 9.39 Å². The van der Waals surface area contributed by atoms with Crippen LogP contribution < -0.4 is 15.1 Å². The summed E-state index contributed by atoms with van der Waals surface area (Å²) in [5, 5.41) is 29.6. The van der Waals surface area contributed by atoms with E-state index in [1.165, 1.54) is 0 Å². The number of hydrogen-bond donors (Lipinski definition) is 4. The van der Waals surface area contributed by atoms with Crippen LogP contribution in [0.3, 0.4) is 0 Å².